The zero-order chi connectivity index (χ0) is 25.2. The van der Waals surface area contributed by atoms with Crippen LogP contribution in [-0.2, 0) is 9.59 Å². The fourth-order valence-electron chi connectivity index (χ4n) is 5.05. The van der Waals surface area contributed by atoms with Gasteiger partial charge in [0.2, 0.25) is 0 Å². The lowest BCUT2D eigenvalue weighted by molar-refractivity contribution is -0.116. The van der Waals surface area contributed by atoms with Crippen LogP contribution < -0.4 is 15.4 Å². The van der Waals surface area contributed by atoms with Gasteiger partial charge in [-0.15, -0.1) is 11.3 Å². The number of carbonyl (C=O) groups excluding carboxylic acids is 2. The Morgan fingerprint density at radius 1 is 1.11 bits per heavy atom. The van der Waals surface area contributed by atoms with Crippen molar-refractivity contribution in [2.24, 2.45) is 0 Å². The quantitative estimate of drug-likeness (QED) is 0.416. The molecule has 5 rings (SSSR count). The number of nitrogens with one attached hydrogen (secondary N) is 2. The van der Waals surface area contributed by atoms with Gasteiger partial charge in [0.15, 0.2) is 5.78 Å². The van der Waals surface area contributed by atoms with E-state index in [2.05, 4.69) is 16.7 Å². The van der Waals surface area contributed by atoms with Crippen LogP contribution in [0.15, 0.2) is 88.6 Å². The first kappa shape index (κ1) is 24.0. The third-order valence-electron chi connectivity index (χ3n) is 6.64. The minimum absolute atomic E-state index is 0.0422. The summed E-state index contributed by atoms with van der Waals surface area (Å²) in [5.74, 6) is -0.333. The van der Waals surface area contributed by atoms with Crippen molar-refractivity contribution in [1.29, 1.82) is 0 Å². The standard InChI is InChI=1S/C29H27FN2O3S/c1-3-35-22-12-6-18(7-13-22)27-26(29(34)32-21-10-8-20(30)9-11-21)17(2)31-23-15-19(16-24(33)28(23)27)25-5-4-14-36-25/h4-14,19,27,31H,3,15-16H2,1-2H3,(H,32,34)/t19-,27+/m1/s1. The highest BCUT2D eigenvalue weighted by atomic mass is 32.1. The molecule has 1 aliphatic carbocycles. The van der Waals surface area contributed by atoms with Crippen LogP contribution in [0, 0.1) is 5.82 Å². The summed E-state index contributed by atoms with van der Waals surface area (Å²) in [4.78, 5) is 28.4. The Kier molecular flexibility index (Phi) is 6.74. The molecular weight excluding hydrogens is 475 g/mol. The van der Waals surface area contributed by atoms with Gasteiger partial charge in [0.25, 0.3) is 5.91 Å². The number of amides is 1. The molecule has 0 bridgehead atoms. The van der Waals surface area contributed by atoms with Crippen molar-refractivity contribution < 1.29 is 18.7 Å². The van der Waals surface area contributed by atoms with Crippen molar-refractivity contribution >= 4 is 28.7 Å². The average Bonchev–Trinajstić information content (AvgIpc) is 3.40. The lowest BCUT2D eigenvalue weighted by Crippen LogP contribution is -2.37. The maximum Gasteiger partial charge on any atom is 0.254 e. The Labute approximate surface area is 213 Å². The lowest BCUT2D eigenvalue weighted by atomic mass is 9.72. The molecule has 0 radical (unpaired) electrons. The first-order valence-electron chi connectivity index (χ1n) is 12.0. The van der Waals surface area contributed by atoms with Crippen LogP contribution in [-0.4, -0.2) is 18.3 Å². The Morgan fingerprint density at radius 2 is 1.86 bits per heavy atom. The average molecular weight is 503 g/mol. The maximum atomic E-state index is 13.6. The number of hydrogen-bond donors (Lipinski definition) is 2. The molecule has 2 aliphatic rings. The number of carbonyl (C=O) groups is 2. The van der Waals surface area contributed by atoms with E-state index in [0.717, 1.165) is 17.0 Å². The number of dihydropyridines is 1. The first-order valence-corrected chi connectivity index (χ1v) is 12.9. The molecule has 2 N–H and O–H groups in total. The fourth-order valence-corrected chi connectivity index (χ4v) is 5.88. The SMILES string of the molecule is CCOc1ccc([C@H]2C(C(=O)Nc3ccc(F)cc3)=C(C)NC3=C2C(=O)C[C@H](c2cccs2)C3)cc1. The predicted octanol–water partition coefficient (Wildman–Crippen LogP) is 6.29. The van der Waals surface area contributed by atoms with Crippen LogP contribution >= 0.6 is 11.3 Å². The van der Waals surface area contributed by atoms with Gasteiger partial charge in [-0.1, -0.05) is 18.2 Å². The Hall–Kier alpha value is -3.71. The van der Waals surface area contributed by atoms with Gasteiger partial charge in [0, 0.05) is 51.4 Å². The topological polar surface area (TPSA) is 67.4 Å². The van der Waals surface area contributed by atoms with Crippen LogP contribution in [0.3, 0.4) is 0 Å². The molecule has 0 fully saturated rings. The molecule has 2 heterocycles. The highest BCUT2D eigenvalue weighted by Gasteiger charge is 2.41. The van der Waals surface area contributed by atoms with Crippen molar-refractivity contribution in [3.63, 3.8) is 0 Å². The fraction of sp³-hybridized carbons (Fsp3) is 0.241. The second-order valence-corrected chi connectivity index (χ2v) is 9.98. The zero-order valence-corrected chi connectivity index (χ0v) is 21.0. The van der Waals surface area contributed by atoms with Gasteiger partial charge in [-0.3, -0.25) is 9.59 Å². The van der Waals surface area contributed by atoms with Gasteiger partial charge in [-0.25, -0.2) is 4.39 Å². The summed E-state index contributed by atoms with van der Waals surface area (Å²) in [5.41, 5.74) is 4.02. The van der Waals surface area contributed by atoms with E-state index in [0.29, 0.717) is 42.0 Å². The molecule has 1 aliphatic heterocycles. The summed E-state index contributed by atoms with van der Waals surface area (Å²) in [5, 5.41) is 8.31. The molecule has 0 saturated heterocycles. The summed E-state index contributed by atoms with van der Waals surface area (Å²) >= 11 is 1.66. The Balaban J connectivity index is 1.55. The van der Waals surface area contributed by atoms with Gasteiger partial charge in [-0.2, -0.15) is 0 Å². The third kappa shape index (κ3) is 4.71. The smallest absolute Gasteiger partial charge is 0.254 e. The summed E-state index contributed by atoms with van der Waals surface area (Å²) in [6.45, 7) is 4.34. The molecule has 2 aromatic carbocycles. The molecular formula is C29H27FN2O3S. The van der Waals surface area contributed by atoms with E-state index < -0.39 is 5.92 Å². The number of Topliss-reactive ketones (excluding diaryl/α,β-unsaturated/α-hetero) is 1. The van der Waals surface area contributed by atoms with Crippen molar-refractivity contribution in [2.45, 2.75) is 38.5 Å². The van der Waals surface area contributed by atoms with Crippen LogP contribution in [0.5, 0.6) is 5.75 Å². The number of rotatable bonds is 6. The monoisotopic (exact) mass is 502 g/mol. The number of hydrogen-bond acceptors (Lipinski definition) is 5. The van der Waals surface area contributed by atoms with Gasteiger partial charge in [-0.05, 0) is 73.7 Å². The maximum absolute atomic E-state index is 13.6. The van der Waals surface area contributed by atoms with E-state index in [4.69, 9.17) is 4.74 Å². The second kappa shape index (κ2) is 10.1. The van der Waals surface area contributed by atoms with E-state index in [1.54, 1.807) is 11.3 Å². The molecule has 1 amide bonds. The summed E-state index contributed by atoms with van der Waals surface area (Å²) in [6.07, 6.45) is 1.11. The predicted molar refractivity (Wildman–Crippen MR) is 140 cm³/mol. The van der Waals surface area contributed by atoms with Crippen molar-refractivity contribution in [1.82, 2.24) is 5.32 Å². The van der Waals surface area contributed by atoms with E-state index in [9.17, 15) is 14.0 Å². The zero-order valence-electron chi connectivity index (χ0n) is 20.1. The Morgan fingerprint density at radius 3 is 2.53 bits per heavy atom. The normalized spacial score (nSPS) is 19.6. The van der Waals surface area contributed by atoms with Gasteiger partial charge in [0.05, 0.1) is 6.61 Å². The van der Waals surface area contributed by atoms with E-state index in [-0.39, 0.29) is 23.4 Å². The highest BCUT2D eigenvalue weighted by Crippen LogP contribution is 2.46. The van der Waals surface area contributed by atoms with Crippen molar-refractivity contribution in [2.75, 3.05) is 11.9 Å². The molecule has 1 aromatic heterocycles. The number of allylic oxidation sites excluding steroid dienone is 3. The second-order valence-electron chi connectivity index (χ2n) is 9.00. The van der Waals surface area contributed by atoms with Crippen LogP contribution in [0.2, 0.25) is 0 Å². The molecule has 36 heavy (non-hydrogen) atoms. The first-order chi connectivity index (χ1) is 17.4. The molecule has 0 unspecified atom stereocenters. The van der Waals surface area contributed by atoms with Crippen molar-refractivity contribution in [3.05, 3.63) is 105 Å². The largest absolute Gasteiger partial charge is 0.494 e. The van der Waals surface area contributed by atoms with Gasteiger partial charge >= 0.3 is 0 Å². The number of thiophene rings is 1. The molecule has 184 valence electrons. The summed E-state index contributed by atoms with van der Waals surface area (Å²) < 4.78 is 19.0. The van der Waals surface area contributed by atoms with Crippen LogP contribution in [0.25, 0.3) is 0 Å². The van der Waals surface area contributed by atoms with Crippen LogP contribution in [0.1, 0.15) is 49.0 Å². The molecule has 2 atom stereocenters. The Bertz CT molecular complexity index is 1340. The number of ether oxygens (including phenoxy) is 1. The van der Waals surface area contributed by atoms with E-state index in [1.165, 1.54) is 29.1 Å². The van der Waals surface area contributed by atoms with Gasteiger partial charge in [0.1, 0.15) is 11.6 Å². The van der Waals surface area contributed by atoms with Crippen molar-refractivity contribution in [3.8, 4) is 5.75 Å². The van der Waals surface area contributed by atoms with E-state index >= 15 is 0 Å². The minimum atomic E-state index is -0.519. The van der Waals surface area contributed by atoms with E-state index in [1.807, 2.05) is 49.6 Å². The molecule has 0 saturated carbocycles. The number of benzene rings is 2. The number of halogens is 1. The number of ketones is 1. The molecule has 3 aromatic rings. The summed E-state index contributed by atoms with van der Waals surface area (Å²) in [6, 6.07) is 17.3. The lowest BCUT2D eigenvalue weighted by Gasteiger charge is -2.36. The molecule has 0 spiro atoms. The number of anilines is 1. The minimum Gasteiger partial charge on any atom is -0.494 e. The summed E-state index contributed by atoms with van der Waals surface area (Å²) in [7, 11) is 0. The highest BCUT2D eigenvalue weighted by molar-refractivity contribution is 7.10. The van der Waals surface area contributed by atoms with Crippen LogP contribution in [0.4, 0.5) is 10.1 Å². The molecule has 7 heteroatoms. The third-order valence-corrected chi connectivity index (χ3v) is 7.68. The molecule has 5 nitrogen and oxygen atoms in total. The van der Waals surface area contributed by atoms with Gasteiger partial charge < -0.3 is 15.4 Å².